The van der Waals surface area contributed by atoms with E-state index >= 15 is 0 Å². The summed E-state index contributed by atoms with van der Waals surface area (Å²) in [6.07, 6.45) is -3.44. The van der Waals surface area contributed by atoms with Crippen LogP contribution in [0.4, 0.5) is 0 Å². The van der Waals surface area contributed by atoms with Gasteiger partial charge in [0.05, 0.1) is 6.61 Å². The van der Waals surface area contributed by atoms with Gasteiger partial charge in [-0.1, -0.05) is 0 Å². The van der Waals surface area contributed by atoms with Gasteiger partial charge < -0.3 is 29.2 Å². The Morgan fingerprint density at radius 3 is 2.07 bits per heavy atom. The van der Waals surface area contributed by atoms with Gasteiger partial charge in [0.1, 0.15) is 24.4 Å². The smallest absolute Gasteiger partial charge is 0.186 e. The first-order chi connectivity index (χ1) is 7.19. The first-order valence-corrected chi connectivity index (χ1v) is 4.72. The van der Waals surface area contributed by atoms with Crippen molar-refractivity contribution >= 4 is 0 Å². The molecule has 0 saturated carbocycles. The Morgan fingerprint density at radius 1 is 1.07 bits per heavy atom. The van der Waals surface area contributed by atoms with Crippen LogP contribution in [-0.4, -0.2) is 68.9 Å². The minimum atomic E-state index is -0.893. The van der Waals surface area contributed by atoms with Gasteiger partial charge in [-0.3, -0.25) is 0 Å². The summed E-state index contributed by atoms with van der Waals surface area (Å²) in [5.41, 5.74) is 0. The molecule has 90 valence electrons. The van der Waals surface area contributed by atoms with Gasteiger partial charge in [-0.05, 0) is 0 Å². The molecule has 6 heteroatoms. The normalized spacial score (nSPS) is 41.8. The zero-order chi connectivity index (χ0) is 11.4. The topological polar surface area (TPSA) is 77.4 Å². The Kier molecular flexibility index (Phi) is 4.91. The Hall–Kier alpha value is -0.240. The number of rotatable bonds is 4. The van der Waals surface area contributed by atoms with Crippen molar-refractivity contribution in [1.29, 1.82) is 0 Å². The summed E-state index contributed by atoms with van der Waals surface area (Å²) in [4.78, 5) is 0. The standard InChI is InChI=1S/C9H18O6/c1-12-7-5(4-10)15-9(14-3)8(13-2)6(7)11/h5-11H,4H2,1-3H3/t5-,6+,7-,8-,9?/m1/s1. The lowest BCUT2D eigenvalue weighted by Gasteiger charge is -2.42. The second-order valence-electron chi connectivity index (χ2n) is 3.35. The highest BCUT2D eigenvalue weighted by atomic mass is 16.7. The first kappa shape index (κ1) is 12.8. The number of methoxy groups -OCH3 is 3. The summed E-state index contributed by atoms with van der Waals surface area (Å²) in [6.45, 7) is -0.244. The summed E-state index contributed by atoms with van der Waals surface area (Å²) >= 11 is 0. The van der Waals surface area contributed by atoms with Crippen LogP contribution in [0.1, 0.15) is 0 Å². The molecule has 1 aliphatic rings. The van der Waals surface area contributed by atoms with E-state index in [4.69, 9.17) is 24.1 Å². The van der Waals surface area contributed by atoms with Crippen LogP contribution in [0.2, 0.25) is 0 Å². The van der Waals surface area contributed by atoms with E-state index in [2.05, 4.69) is 0 Å². The zero-order valence-corrected chi connectivity index (χ0v) is 9.12. The van der Waals surface area contributed by atoms with Gasteiger partial charge >= 0.3 is 0 Å². The average molecular weight is 222 g/mol. The monoisotopic (exact) mass is 222 g/mol. The van der Waals surface area contributed by atoms with Crippen LogP contribution in [0, 0.1) is 0 Å². The second-order valence-corrected chi connectivity index (χ2v) is 3.35. The molecule has 5 atom stereocenters. The maximum atomic E-state index is 9.91. The summed E-state index contributed by atoms with van der Waals surface area (Å²) in [5.74, 6) is 0. The predicted molar refractivity (Wildman–Crippen MR) is 50.4 cm³/mol. The third-order valence-corrected chi connectivity index (χ3v) is 2.57. The minimum Gasteiger partial charge on any atom is -0.394 e. The molecule has 1 unspecified atom stereocenters. The van der Waals surface area contributed by atoms with Gasteiger partial charge in [0.25, 0.3) is 0 Å². The molecule has 0 radical (unpaired) electrons. The van der Waals surface area contributed by atoms with Crippen LogP contribution in [0.3, 0.4) is 0 Å². The Bertz CT molecular complexity index is 169. The molecule has 0 bridgehead atoms. The lowest BCUT2D eigenvalue weighted by Crippen LogP contribution is -2.60. The highest BCUT2D eigenvalue weighted by Gasteiger charge is 2.45. The quantitative estimate of drug-likeness (QED) is 0.618. The van der Waals surface area contributed by atoms with E-state index in [1.54, 1.807) is 0 Å². The summed E-state index contributed by atoms with van der Waals surface area (Å²) in [5, 5.41) is 19.0. The largest absolute Gasteiger partial charge is 0.394 e. The number of hydrogen-bond acceptors (Lipinski definition) is 6. The Balaban J connectivity index is 2.76. The number of aliphatic hydroxyl groups is 2. The molecule has 1 rings (SSSR count). The molecule has 0 aromatic carbocycles. The number of hydrogen-bond donors (Lipinski definition) is 2. The third-order valence-electron chi connectivity index (χ3n) is 2.57. The van der Waals surface area contributed by atoms with Crippen molar-refractivity contribution in [3.05, 3.63) is 0 Å². The van der Waals surface area contributed by atoms with Gasteiger partial charge in [-0.2, -0.15) is 0 Å². The molecular weight excluding hydrogens is 204 g/mol. The lowest BCUT2D eigenvalue weighted by atomic mass is 9.99. The van der Waals surface area contributed by atoms with Crippen LogP contribution in [0.25, 0.3) is 0 Å². The molecule has 0 aromatic heterocycles. The van der Waals surface area contributed by atoms with Crippen molar-refractivity contribution in [2.24, 2.45) is 0 Å². The molecule has 6 nitrogen and oxygen atoms in total. The van der Waals surface area contributed by atoms with E-state index in [9.17, 15) is 5.11 Å². The molecular formula is C9H18O6. The van der Waals surface area contributed by atoms with E-state index in [1.807, 2.05) is 0 Å². The van der Waals surface area contributed by atoms with Crippen molar-refractivity contribution in [1.82, 2.24) is 0 Å². The Morgan fingerprint density at radius 2 is 1.67 bits per heavy atom. The van der Waals surface area contributed by atoms with Gasteiger partial charge in [0, 0.05) is 21.3 Å². The van der Waals surface area contributed by atoms with E-state index in [0.717, 1.165) is 0 Å². The van der Waals surface area contributed by atoms with Gasteiger partial charge in [-0.25, -0.2) is 0 Å². The summed E-state index contributed by atoms with van der Waals surface area (Å²) < 4.78 is 20.5. The minimum absolute atomic E-state index is 0.244. The van der Waals surface area contributed by atoms with Crippen LogP contribution < -0.4 is 0 Å². The van der Waals surface area contributed by atoms with Crippen LogP contribution in [0.15, 0.2) is 0 Å². The number of ether oxygens (including phenoxy) is 4. The maximum absolute atomic E-state index is 9.91. The molecule has 0 spiro atoms. The molecule has 1 aliphatic heterocycles. The van der Waals surface area contributed by atoms with Crippen molar-refractivity contribution in [2.45, 2.75) is 30.7 Å². The SMILES string of the molecule is COC1O[C@H](CO)[C@@H](OC)[C@H](O)[C@H]1OC. The van der Waals surface area contributed by atoms with E-state index < -0.39 is 30.7 Å². The van der Waals surface area contributed by atoms with Crippen molar-refractivity contribution in [2.75, 3.05) is 27.9 Å². The predicted octanol–water partition coefficient (Wildman–Crippen LogP) is -1.26. The third kappa shape index (κ3) is 2.47. The molecule has 2 N–H and O–H groups in total. The fraction of sp³-hybridized carbons (Fsp3) is 1.00. The van der Waals surface area contributed by atoms with Gasteiger partial charge in [-0.15, -0.1) is 0 Å². The molecule has 1 fully saturated rings. The van der Waals surface area contributed by atoms with Crippen LogP contribution in [0.5, 0.6) is 0 Å². The molecule has 0 amide bonds. The first-order valence-electron chi connectivity index (χ1n) is 4.72. The Labute approximate surface area is 88.7 Å². The van der Waals surface area contributed by atoms with E-state index in [-0.39, 0.29) is 6.61 Å². The lowest BCUT2D eigenvalue weighted by molar-refractivity contribution is -0.302. The summed E-state index contributed by atoms with van der Waals surface area (Å²) in [6, 6.07) is 0. The van der Waals surface area contributed by atoms with Crippen molar-refractivity contribution in [3.8, 4) is 0 Å². The van der Waals surface area contributed by atoms with Gasteiger partial charge in [0.15, 0.2) is 6.29 Å². The highest BCUT2D eigenvalue weighted by Crippen LogP contribution is 2.25. The van der Waals surface area contributed by atoms with E-state index in [1.165, 1.54) is 21.3 Å². The van der Waals surface area contributed by atoms with Crippen LogP contribution >= 0.6 is 0 Å². The van der Waals surface area contributed by atoms with E-state index in [0.29, 0.717) is 0 Å². The molecule has 1 heterocycles. The fourth-order valence-corrected chi connectivity index (χ4v) is 1.77. The van der Waals surface area contributed by atoms with Crippen LogP contribution in [-0.2, 0) is 18.9 Å². The molecule has 1 saturated heterocycles. The fourth-order valence-electron chi connectivity index (χ4n) is 1.77. The average Bonchev–Trinajstić information content (AvgIpc) is 2.27. The molecule has 0 aliphatic carbocycles. The highest BCUT2D eigenvalue weighted by molar-refractivity contribution is 4.90. The zero-order valence-electron chi connectivity index (χ0n) is 9.12. The molecule has 15 heavy (non-hydrogen) atoms. The molecule has 0 aromatic rings. The van der Waals surface area contributed by atoms with Crippen molar-refractivity contribution < 1.29 is 29.2 Å². The van der Waals surface area contributed by atoms with Gasteiger partial charge in [0.2, 0.25) is 0 Å². The second kappa shape index (κ2) is 5.74. The number of aliphatic hydroxyl groups excluding tert-OH is 2. The maximum Gasteiger partial charge on any atom is 0.186 e. The van der Waals surface area contributed by atoms with Crippen molar-refractivity contribution in [3.63, 3.8) is 0 Å². The summed E-state index contributed by atoms with van der Waals surface area (Å²) in [7, 11) is 4.35.